The third-order valence-electron chi connectivity index (χ3n) is 12.8. The zero-order valence-electron chi connectivity index (χ0n) is 32.0. The van der Waals surface area contributed by atoms with E-state index in [1.54, 1.807) is 0 Å². The van der Waals surface area contributed by atoms with E-state index in [1.165, 1.54) is 114 Å². The summed E-state index contributed by atoms with van der Waals surface area (Å²) in [6, 6.07) is 72.0. The lowest BCUT2D eigenvalue weighted by atomic mass is 9.87. The minimum atomic E-state index is 1.12. The fourth-order valence-electron chi connectivity index (χ4n) is 10.1. The van der Waals surface area contributed by atoms with Crippen LogP contribution < -0.4 is 0 Å². The molecule has 0 saturated heterocycles. The van der Waals surface area contributed by atoms with Crippen molar-refractivity contribution >= 4 is 86.4 Å². The van der Waals surface area contributed by atoms with Gasteiger partial charge >= 0.3 is 0 Å². The van der Waals surface area contributed by atoms with E-state index in [2.05, 4.69) is 198 Å². The summed E-state index contributed by atoms with van der Waals surface area (Å²) < 4.78 is 2.47. The highest BCUT2D eigenvalue weighted by atomic mass is 15.0. The van der Waals surface area contributed by atoms with Crippen molar-refractivity contribution in [3.8, 4) is 39.1 Å². The standard InChI is InChI=1S/C57H34N2/c1-2-13-41(14-3-1)59-54-31-39(23-26-48(54)53-32-51-46-17-6-4-15-44(46)45-16-5-7-18-47(45)52(51)33-55(53)59)43-25-20-36-21-27-49-42(24-19-35-22-28-50(43)57(36)56(35)49)38-11-8-10-37(30-38)40-12-9-29-58-34-40/h1-34H. The molecule has 59 heavy (non-hydrogen) atoms. The molecular weight excluding hydrogens is 713 g/mol. The van der Waals surface area contributed by atoms with Crippen LogP contribution in [0.5, 0.6) is 0 Å². The van der Waals surface area contributed by atoms with Gasteiger partial charge in [-0.15, -0.1) is 0 Å². The van der Waals surface area contributed by atoms with Crippen molar-refractivity contribution in [3.05, 3.63) is 207 Å². The van der Waals surface area contributed by atoms with E-state index in [1.807, 2.05) is 18.5 Å². The minimum absolute atomic E-state index is 1.12. The van der Waals surface area contributed by atoms with Gasteiger partial charge in [0.25, 0.3) is 0 Å². The van der Waals surface area contributed by atoms with Gasteiger partial charge < -0.3 is 4.57 Å². The van der Waals surface area contributed by atoms with E-state index in [9.17, 15) is 0 Å². The zero-order chi connectivity index (χ0) is 38.6. The Morgan fingerprint density at radius 1 is 0.305 bits per heavy atom. The highest BCUT2D eigenvalue weighted by molar-refractivity contribution is 6.30. The Kier molecular flexibility index (Phi) is 6.76. The van der Waals surface area contributed by atoms with Crippen molar-refractivity contribution in [2.75, 3.05) is 0 Å². The van der Waals surface area contributed by atoms with Crippen LogP contribution >= 0.6 is 0 Å². The van der Waals surface area contributed by atoms with E-state index in [0.717, 1.165) is 11.3 Å². The zero-order valence-corrected chi connectivity index (χ0v) is 32.0. The molecule has 0 saturated carbocycles. The van der Waals surface area contributed by atoms with Crippen LogP contribution in [0.1, 0.15) is 0 Å². The van der Waals surface area contributed by atoms with Crippen molar-refractivity contribution in [2.45, 2.75) is 0 Å². The smallest absolute Gasteiger partial charge is 0.0547 e. The molecule has 2 nitrogen and oxygen atoms in total. The lowest BCUT2D eigenvalue weighted by Gasteiger charge is -2.17. The van der Waals surface area contributed by atoms with Crippen LogP contribution in [-0.4, -0.2) is 9.55 Å². The second-order valence-electron chi connectivity index (χ2n) is 15.9. The Labute approximate surface area is 340 Å². The first-order valence-corrected chi connectivity index (χ1v) is 20.4. The van der Waals surface area contributed by atoms with Crippen LogP contribution in [0.3, 0.4) is 0 Å². The number of fused-ring (bicyclic) bond motifs is 9. The maximum atomic E-state index is 4.38. The fraction of sp³-hybridized carbons (Fsp3) is 0. The average Bonchev–Trinajstić information content (AvgIpc) is 3.63. The number of nitrogens with zero attached hydrogens (tertiary/aromatic N) is 2. The topological polar surface area (TPSA) is 17.8 Å². The summed E-state index contributed by atoms with van der Waals surface area (Å²) >= 11 is 0. The Morgan fingerprint density at radius 3 is 1.51 bits per heavy atom. The average molecular weight is 747 g/mol. The number of rotatable bonds is 4. The van der Waals surface area contributed by atoms with Crippen molar-refractivity contribution in [2.24, 2.45) is 0 Å². The van der Waals surface area contributed by atoms with Crippen molar-refractivity contribution in [3.63, 3.8) is 0 Å². The molecule has 272 valence electrons. The normalized spacial score (nSPS) is 12.1. The molecule has 0 N–H and O–H groups in total. The number of para-hydroxylation sites is 1. The first-order valence-electron chi connectivity index (χ1n) is 20.4. The van der Waals surface area contributed by atoms with Crippen LogP contribution in [0.15, 0.2) is 207 Å². The second kappa shape index (κ2) is 12.3. The molecule has 0 aliphatic heterocycles. The van der Waals surface area contributed by atoms with Crippen molar-refractivity contribution in [1.82, 2.24) is 9.55 Å². The van der Waals surface area contributed by atoms with E-state index in [-0.39, 0.29) is 0 Å². The highest BCUT2D eigenvalue weighted by Gasteiger charge is 2.19. The van der Waals surface area contributed by atoms with E-state index >= 15 is 0 Å². The molecule has 2 heteroatoms. The summed E-state index contributed by atoms with van der Waals surface area (Å²) in [7, 11) is 0. The lowest BCUT2D eigenvalue weighted by molar-refractivity contribution is 1.18. The first kappa shape index (κ1) is 32.3. The van der Waals surface area contributed by atoms with Gasteiger partial charge in [-0.05, 0) is 135 Å². The number of benzene rings is 11. The lowest BCUT2D eigenvalue weighted by Crippen LogP contribution is -1.94. The van der Waals surface area contributed by atoms with E-state index < -0.39 is 0 Å². The molecule has 11 aromatic carbocycles. The molecular formula is C57H34N2. The molecule has 0 aliphatic carbocycles. The van der Waals surface area contributed by atoms with Gasteiger partial charge in [0.05, 0.1) is 11.0 Å². The summed E-state index contributed by atoms with van der Waals surface area (Å²) in [5.41, 5.74) is 10.8. The van der Waals surface area contributed by atoms with E-state index in [0.29, 0.717) is 0 Å². The first-order chi connectivity index (χ1) is 29.3. The molecule has 0 radical (unpaired) electrons. The summed E-state index contributed by atoms with van der Waals surface area (Å²) in [6.07, 6.45) is 3.77. The maximum absolute atomic E-state index is 4.38. The monoisotopic (exact) mass is 746 g/mol. The van der Waals surface area contributed by atoms with Crippen molar-refractivity contribution < 1.29 is 0 Å². The van der Waals surface area contributed by atoms with Gasteiger partial charge in [0.2, 0.25) is 0 Å². The largest absolute Gasteiger partial charge is 0.309 e. The van der Waals surface area contributed by atoms with Gasteiger partial charge in [0.15, 0.2) is 0 Å². The van der Waals surface area contributed by atoms with Gasteiger partial charge in [0, 0.05) is 34.4 Å². The molecule has 2 aromatic heterocycles. The summed E-state index contributed by atoms with van der Waals surface area (Å²) in [4.78, 5) is 4.38. The van der Waals surface area contributed by atoms with Crippen LogP contribution in [0.25, 0.3) is 126 Å². The van der Waals surface area contributed by atoms with Crippen LogP contribution in [-0.2, 0) is 0 Å². The number of hydrogen-bond acceptors (Lipinski definition) is 1. The molecule has 0 amide bonds. The van der Waals surface area contributed by atoms with Gasteiger partial charge in [0.1, 0.15) is 0 Å². The molecule has 0 aliphatic rings. The Morgan fingerprint density at radius 2 is 0.847 bits per heavy atom. The van der Waals surface area contributed by atoms with Crippen LogP contribution in [0.2, 0.25) is 0 Å². The minimum Gasteiger partial charge on any atom is -0.309 e. The molecule has 0 fully saturated rings. The number of aromatic nitrogens is 2. The van der Waals surface area contributed by atoms with Gasteiger partial charge in [-0.1, -0.05) is 152 Å². The quantitative estimate of drug-likeness (QED) is 0.164. The van der Waals surface area contributed by atoms with Crippen LogP contribution in [0.4, 0.5) is 0 Å². The van der Waals surface area contributed by atoms with Crippen LogP contribution in [0, 0.1) is 0 Å². The molecule has 13 aromatic rings. The highest BCUT2D eigenvalue weighted by Crippen LogP contribution is 2.45. The predicted molar refractivity (Wildman–Crippen MR) is 251 cm³/mol. The molecule has 13 rings (SSSR count). The Balaban J connectivity index is 1.06. The SMILES string of the molecule is c1ccc(-n2c3cc(-c4ccc5ccc6c(-c7cccc(-c8cccnc8)c7)ccc7ccc4c5c76)ccc3c3cc4c5ccccc5c5ccccc5c4cc32)cc1. The molecule has 0 atom stereocenters. The molecule has 2 heterocycles. The third kappa shape index (κ3) is 4.72. The van der Waals surface area contributed by atoms with E-state index in [4.69, 9.17) is 0 Å². The van der Waals surface area contributed by atoms with Gasteiger partial charge in [-0.2, -0.15) is 0 Å². The van der Waals surface area contributed by atoms with Gasteiger partial charge in [-0.25, -0.2) is 0 Å². The van der Waals surface area contributed by atoms with Gasteiger partial charge in [-0.3, -0.25) is 4.98 Å². The molecule has 0 unspecified atom stereocenters. The van der Waals surface area contributed by atoms with Crippen molar-refractivity contribution in [1.29, 1.82) is 0 Å². The second-order valence-corrected chi connectivity index (χ2v) is 15.9. The third-order valence-corrected chi connectivity index (χ3v) is 12.8. The predicted octanol–water partition coefficient (Wildman–Crippen LogP) is 15.5. The fourth-order valence-corrected chi connectivity index (χ4v) is 10.1. The Hall–Kier alpha value is -7.81. The molecule has 0 bridgehead atoms. The molecule has 0 spiro atoms. The number of pyridine rings is 1. The summed E-state index contributed by atoms with van der Waals surface area (Å²) in [5, 5.41) is 17.9. The Bertz CT molecular complexity index is 3820. The number of hydrogen-bond donors (Lipinski definition) is 0. The summed E-state index contributed by atoms with van der Waals surface area (Å²) in [5.74, 6) is 0. The summed E-state index contributed by atoms with van der Waals surface area (Å²) in [6.45, 7) is 0. The maximum Gasteiger partial charge on any atom is 0.0547 e.